The topological polar surface area (TPSA) is 12.9 Å². The highest BCUT2D eigenvalue weighted by molar-refractivity contribution is 7.98. The molecule has 0 N–H and O–H groups in total. The Labute approximate surface area is 150 Å². The Morgan fingerprint density at radius 3 is 2.67 bits per heavy atom. The Morgan fingerprint density at radius 1 is 0.917 bits per heavy atom. The number of hydrogen-bond donors (Lipinski definition) is 0. The second-order valence-electron chi connectivity index (χ2n) is 5.79. The first-order chi connectivity index (χ1) is 11.8. The minimum absolute atomic E-state index is 0.974. The van der Waals surface area contributed by atoms with Crippen LogP contribution in [0.1, 0.15) is 11.1 Å². The number of hydrogen-bond acceptors (Lipinski definition) is 3. The zero-order chi connectivity index (χ0) is 16.4. The highest BCUT2D eigenvalue weighted by atomic mass is 32.2. The van der Waals surface area contributed by atoms with Gasteiger partial charge in [-0.3, -0.25) is 0 Å². The van der Waals surface area contributed by atoms with E-state index in [0.29, 0.717) is 0 Å². The Morgan fingerprint density at radius 2 is 1.79 bits per heavy atom. The first-order valence-corrected chi connectivity index (χ1v) is 9.72. The van der Waals surface area contributed by atoms with Crippen molar-refractivity contribution in [1.29, 1.82) is 0 Å². The second-order valence-corrected chi connectivity index (χ2v) is 7.87. The number of thioether (sulfide) groups is 1. The summed E-state index contributed by atoms with van der Waals surface area (Å²) >= 11 is 3.64. The van der Waals surface area contributed by atoms with Crippen molar-refractivity contribution in [3.63, 3.8) is 0 Å². The average molecular weight is 348 g/mol. The van der Waals surface area contributed by atoms with Crippen molar-refractivity contribution in [3.8, 4) is 10.6 Å². The average Bonchev–Trinajstić information content (AvgIpc) is 3.05. The molecular weight excluding hydrogens is 330 g/mol. The van der Waals surface area contributed by atoms with E-state index in [0.717, 1.165) is 16.3 Å². The monoisotopic (exact) mass is 347 g/mol. The molecule has 3 heteroatoms. The normalized spacial score (nSPS) is 11.0. The first-order valence-electron chi connectivity index (χ1n) is 7.92. The molecule has 4 aromatic rings. The summed E-state index contributed by atoms with van der Waals surface area (Å²) in [5.74, 6) is 0.974. The number of rotatable bonds is 4. The molecule has 0 saturated carbocycles. The van der Waals surface area contributed by atoms with Gasteiger partial charge in [-0.15, -0.1) is 23.1 Å². The summed E-state index contributed by atoms with van der Waals surface area (Å²) in [4.78, 5) is 6.09. The van der Waals surface area contributed by atoms with Crippen LogP contribution in [-0.4, -0.2) is 4.98 Å². The van der Waals surface area contributed by atoms with E-state index in [4.69, 9.17) is 4.98 Å². The van der Waals surface area contributed by atoms with Crippen LogP contribution in [0.4, 0.5) is 0 Å². The van der Waals surface area contributed by atoms with Crippen molar-refractivity contribution in [1.82, 2.24) is 4.98 Å². The van der Waals surface area contributed by atoms with Crippen molar-refractivity contribution >= 4 is 33.3 Å². The van der Waals surface area contributed by atoms with Gasteiger partial charge in [-0.25, -0.2) is 4.98 Å². The van der Waals surface area contributed by atoms with Crippen molar-refractivity contribution < 1.29 is 0 Å². The molecule has 118 valence electrons. The van der Waals surface area contributed by atoms with Gasteiger partial charge in [-0.1, -0.05) is 48.0 Å². The minimum atomic E-state index is 0.974. The van der Waals surface area contributed by atoms with Crippen LogP contribution in [0.2, 0.25) is 0 Å². The second kappa shape index (κ2) is 6.80. The maximum atomic E-state index is 4.77. The zero-order valence-electron chi connectivity index (χ0n) is 13.4. The summed E-state index contributed by atoms with van der Waals surface area (Å²) in [6, 6.07) is 25.7. The minimum Gasteiger partial charge on any atom is -0.236 e. The molecular formula is C21H17NS2. The van der Waals surface area contributed by atoms with Crippen molar-refractivity contribution in [3.05, 3.63) is 83.9 Å². The van der Waals surface area contributed by atoms with Crippen LogP contribution in [0.3, 0.4) is 0 Å². The molecule has 0 saturated heterocycles. The van der Waals surface area contributed by atoms with Gasteiger partial charge in [-0.05, 0) is 42.8 Å². The Bertz CT molecular complexity index is 955. The lowest BCUT2D eigenvalue weighted by molar-refractivity contribution is 1.34. The Kier molecular flexibility index (Phi) is 4.37. The lowest BCUT2D eigenvalue weighted by atomic mass is 10.1. The van der Waals surface area contributed by atoms with E-state index in [1.54, 1.807) is 11.3 Å². The SMILES string of the molecule is Cc1cccc(SCc2cccc(-c3nc4ccccc4s3)c2)c1. The number of aryl methyl sites for hydroxylation is 1. The van der Waals surface area contributed by atoms with Crippen LogP contribution in [0.15, 0.2) is 77.7 Å². The molecule has 0 spiro atoms. The van der Waals surface area contributed by atoms with Gasteiger partial charge in [0, 0.05) is 16.2 Å². The summed E-state index contributed by atoms with van der Waals surface area (Å²) in [5, 5.41) is 1.10. The van der Waals surface area contributed by atoms with Gasteiger partial charge in [0.2, 0.25) is 0 Å². The lowest BCUT2D eigenvalue weighted by Gasteiger charge is -2.05. The molecule has 4 rings (SSSR count). The third kappa shape index (κ3) is 3.37. The highest BCUT2D eigenvalue weighted by Gasteiger charge is 2.06. The summed E-state index contributed by atoms with van der Waals surface area (Å²) in [6.45, 7) is 2.14. The van der Waals surface area contributed by atoms with Crippen LogP contribution < -0.4 is 0 Å². The molecule has 0 atom stereocenters. The number of fused-ring (bicyclic) bond motifs is 1. The molecule has 0 aliphatic rings. The Hall–Kier alpha value is -2.10. The molecule has 0 fully saturated rings. The van der Waals surface area contributed by atoms with E-state index in [2.05, 4.69) is 73.7 Å². The largest absolute Gasteiger partial charge is 0.236 e. The third-order valence-electron chi connectivity index (χ3n) is 3.86. The summed E-state index contributed by atoms with van der Waals surface area (Å²) in [7, 11) is 0. The molecule has 0 radical (unpaired) electrons. The van der Waals surface area contributed by atoms with E-state index in [-0.39, 0.29) is 0 Å². The standard InChI is InChI=1S/C21H17NS2/c1-15-6-4-9-18(12-15)23-14-16-7-5-8-17(13-16)21-22-19-10-2-3-11-20(19)24-21/h2-13H,14H2,1H3. The van der Waals surface area contributed by atoms with Crippen LogP contribution in [0, 0.1) is 6.92 Å². The number of nitrogens with zero attached hydrogens (tertiary/aromatic N) is 1. The van der Waals surface area contributed by atoms with Crippen LogP contribution in [0.25, 0.3) is 20.8 Å². The van der Waals surface area contributed by atoms with Crippen LogP contribution in [-0.2, 0) is 5.75 Å². The van der Waals surface area contributed by atoms with Crippen molar-refractivity contribution in [2.45, 2.75) is 17.6 Å². The van der Waals surface area contributed by atoms with Crippen LogP contribution in [0.5, 0.6) is 0 Å². The van der Waals surface area contributed by atoms with Gasteiger partial charge >= 0.3 is 0 Å². The predicted octanol–water partition coefficient (Wildman–Crippen LogP) is 6.56. The highest BCUT2D eigenvalue weighted by Crippen LogP contribution is 2.31. The molecule has 0 aliphatic carbocycles. The molecule has 0 bridgehead atoms. The van der Waals surface area contributed by atoms with Gasteiger partial charge in [0.05, 0.1) is 10.2 Å². The van der Waals surface area contributed by atoms with Gasteiger partial charge in [0.15, 0.2) is 0 Å². The summed E-state index contributed by atoms with van der Waals surface area (Å²) in [6.07, 6.45) is 0. The molecule has 0 amide bonds. The first kappa shape index (κ1) is 15.4. The van der Waals surface area contributed by atoms with E-state index in [9.17, 15) is 0 Å². The third-order valence-corrected chi connectivity index (χ3v) is 6.01. The number of aromatic nitrogens is 1. The van der Waals surface area contributed by atoms with Gasteiger partial charge in [0.1, 0.15) is 5.01 Å². The van der Waals surface area contributed by atoms with E-state index < -0.39 is 0 Å². The lowest BCUT2D eigenvalue weighted by Crippen LogP contribution is -1.83. The number of thiazole rings is 1. The number of para-hydroxylation sites is 1. The fraction of sp³-hybridized carbons (Fsp3) is 0.0952. The molecule has 0 aliphatic heterocycles. The Balaban J connectivity index is 1.57. The van der Waals surface area contributed by atoms with Gasteiger partial charge < -0.3 is 0 Å². The quantitative estimate of drug-likeness (QED) is 0.387. The van der Waals surface area contributed by atoms with Gasteiger partial charge in [0.25, 0.3) is 0 Å². The molecule has 1 nitrogen and oxygen atoms in total. The van der Waals surface area contributed by atoms with E-state index >= 15 is 0 Å². The summed E-state index contributed by atoms with van der Waals surface area (Å²) < 4.78 is 1.24. The summed E-state index contributed by atoms with van der Waals surface area (Å²) in [5.41, 5.74) is 4.93. The molecule has 24 heavy (non-hydrogen) atoms. The molecule has 1 aromatic heterocycles. The van der Waals surface area contributed by atoms with E-state index in [1.165, 1.54) is 26.3 Å². The fourth-order valence-electron chi connectivity index (χ4n) is 2.66. The molecule has 0 unspecified atom stereocenters. The zero-order valence-corrected chi connectivity index (χ0v) is 15.0. The molecule has 1 heterocycles. The maximum Gasteiger partial charge on any atom is 0.124 e. The van der Waals surface area contributed by atoms with Crippen molar-refractivity contribution in [2.24, 2.45) is 0 Å². The molecule has 3 aromatic carbocycles. The van der Waals surface area contributed by atoms with E-state index in [1.807, 2.05) is 17.8 Å². The predicted molar refractivity (Wildman–Crippen MR) is 106 cm³/mol. The fourth-order valence-corrected chi connectivity index (χ4v) is 4.58. The van der Waals surface area contributed by atoms with Gasteiger partial charge in [-0.2, -0.15) is 0 Å². The maximum absolute atomic E-state index is 4.77. The number of benzene rings is 3. The smallest absolute Gasteiger partial charge is 0.124 e. The van der Waals surface area contributed by atoms with Crippen molar-refractivity contribution in [2.75, 3.05) is 0 Å². The van der Waals surface area contributed by atoms with Crippen LogP contribution >= 0.6 is 23.1 Å².